The molecule has 0 saturated carbocycles. The van der Waals surface area contributed by atoms with E-state index in [4.69, 9.17) is 0 Å². The first-order valence-electron chi connectivity index (χ1n) is 5.92. The summed E-state index contributed by atoms with van der Waals surface area (Å²) in [6.45, 7) is 8.16. The minimum absolute atomic E-state index is 0.274. The number of rotatable bonds is 1. The van der Waals surface area contributed by atoms with Crippen LogP contribution in [-0.4, -0.2) is 0 Å². The van der Waals surface area contributed by atoms with Gasteiger partial charge in [0.2, 0.25) is 0 Å². The molecular formula is C15H14N2O. The zero-order valence-electron chi connectivity index (χ0n) is 10.5. The van der Waals surface area contributed by atoms with E-state index < -0.39 is 0 Å². The Morgan fingerprint density at radius 2 is 1.89 bits per heavy atom. The lowest BCUT2D eigenvalue weighted by Crippen LogP contribution is -2.20. The van der Waals surface area contributed by atoms with E-state index in [0.717, 1.165) is 22.3 Å². The summed E-state index contributed by atoms with van der Waals surface area (Å²) in [5, 5.41) is 6.83. The normalized spacial score (nSPS) is 17.0. The number of fused-ring (bicyclic) bond motifs is 3. The van der Waals surface area contributed by atoms with Gasteiger partial charge in [0.1, 0.15) is 0 Å². The monoisotopic (exact) mass is 238 g/mol. The van der Waals surface area contributed by atoms with Crippen LogP contribution in [0.25, 0.3) is 10.8 Å². The Hall–Kier alpha value is -2.16. The maximum atomic E-state index is 11.0. The van der Waals surface area contributed by atoms with Gasteiger partial charge in [-0.3, -0.25) is 0 Å². The van der Waals surface area contributed by atoms with Crippen LogP contribution < -0.4 is 5.01 Å². The van der Waals surface area contributed by atoms with Crippen molar-refractivity contribution in [2.75, 3.05) is 5.01 Å². The van der Waals surface area contributed by atoms with Crippen LogP contribution in [0.15, 0.2) is 54.0 Å². The van der Waals surface area contributed by atoms with Crippen molar-refractivity contribution in [3.05, 3.63) is 59.1 Å². The highest BCUT2D eigenvalue weighted by molar-refractivity contribution is 5.94. The molecule has 0 N–H and O–H groups in total. The van der Waals surface area contributed by atoms with Crippen molar-refractivity contribution < 1.29 is 0 Å². The second-order valence-corrected chi connectivity index (χ2v) is 5.15. The maximum absolute atomic E-state index is 11.0. The maximum Gasteiger partial charge on any atom is 0.0729 e. The molecule has 0 aliphatic carbocycles. The van der Waals surface area contributed by atoms with Gasteiger partial charge in [-0.15, -0.1) is 4.91 Å². The van der Waals surface area contributed by atoms with Crippen LogP contribution in [0.3, 0.4) is 0 Å². The molecule has 2 aromatic rings. The molecule has 0 amide bonds. The highest BCUT2D eigenvalue weighted by atomic mass is 16.3. The van der Waals surface area contributed by atoms with E-state index in [1.165, 1.54) is 10.4 Å². The number of anilines is 1. The van der Waals surface area contributed by atoms with Gasteiger partial charge >= 0.3 is 0 Å². The Morgan fingerprint density at radius 1 is 1.17 bits per heavy atom. The van der Waals surface area contributed by atoms with Gasteiger partial charge in [0.15, 0.2) is 0 Å². The molecule has 0 aromatic heterocycles. The van der Waals surface area contributed by atoms with E-state index in [0.29, 0.717) is 0 Å². The highest BCUT2D eigenvalue weighted by Gasteiger charge is 2.41. The molecule has 0 spiro atoms. The largest absolute Gasteiger partial charge is 0.201 e. The standard InChI is InChI=1S/C15H14N2O/c1-10-15(2,3)14-12-7-5-4-6-11(12)8-9-13(14)17(10)16-18/h4-9H,1H2,2-3H3. The number of hydrogen-bond acceptors (Lipinski definition) is 2. The molecule has 1 heterocycles. The third kappa shape index (κ3) is 1.19. The molecule has 2 aromatic carbocycles. The Labute approximate surface area is 106 Å². The van der Waals surface area contributed by atoms with Crippen LogP contribution in [0.5, 0.6) is 0 Å². The molecule has 3 heteroatoms. The third-order valence-corrected chi connectivity index (χ3v) is 3.82. The highest BCUT2D eigenvalue weighted by Crippen LogP contribution is 2.49. The van der Waals surface area contributed by atoms with Crippen molar-refractivity contribution in [3.63, 3.8) is 0 Å². The smallest absolute Gasteiger partial charge is 0.0729 e. The molecule has 0 radical (unpaired) electrons. The van der Waals surface area contributed by atoms with Crippen molar-refractivity contribution in [1.29, 1.82) is 0 Å². The predicted octanol–water partition coefficient (Wildman–Crippen LogP) is 4.13. The average molecular weight is 238 g/mol. The minimum atomic E-state index is -0.274. The summed E-state index contributed by atoms with van der Waals surface area (Å²) in [5.74, 6) is 0. The second-order valence-electron chi connectivity index (χ2n) is 5.15. The number of hydrogen-bond donors (Lipinski definition) is 0. The summed E-state index contributed by atoms with van der Waals surface area (Å²) in [6.07, 6.45) is 0. The number of benzene rings is 2. The first-order chi connectivity index (χ1) is 8.57. The van der Waals surface area contributed by atoms with Crippen molar-refractivity contribution in [2.45, 2.75) is 19.3 Å². The van der Waals surface area contributed by atoms with Gasteiger partial charge < -0.3 is 0 Å². The predicted molar refractivity (Wildman–Crippen MR) is 74.4 cm³/mol. The van der Waals surface area contributed by atoms with Gasteiger partial charge in [-0.1, -0.05) is 50.8 Å². The summed E-state index contributed by atoms with van der Waals surface area (Å²) < 4.78 is 0. The van der Waals surface area contributed by atoms with Crippen molar-refractivity contribution in [1.82, 2.24) is 0 Å². The minimum Gasteiger partial charge on any atom is -0.201 e. The third-order valence-electron chi connectivity index (χ3n) is 3.82. The molecule has 3 rings (SSSR count). The molecular weight excluding hydrogens is 224 g/mol. The lowest BCUT2D eigenvalue weighted by molar-refractivity contribution is 0.642. The topological polar surface area (TPSA) is 32.7 Å². The molecule has 18 heavy (non-hydrogen) atoms. The van der Waals surface area contributed by atoms with Crippen LogP contribution in [0.1, 0.15) is 19.4 Å². The van der Waals surface area contributed by atoms with E-state index in [2.05, 4.69) is 37.8 Å². The van der Waals surface area contributed by atoms with E-state index in [1.807, 2.05) is 24.3 Å². The summed E-state index contributed by atoms with van der Waals surface area (Å²) in [7, 11) is 0. The summed E-state index contributed by atoms with van der Waals surface area (Å²) >= 11 is 0. The van der Waals surface area contributed by atoms with Crippen LogP contribution in [0, 0.1) is 4.91 Å². The van der Waals surface area contributed by atoms with E-state index in [9.17, 15) is 4.91 Å². The van der Waals surface area contributed by atoms with Crippen LogP contribution >= 0.6 is 0 Å². The Morgan fingerprint density at radius 3 is 2.61 bits per heavy atom. The van der Waals surface area contributed by atoms with E-state index in [1.54, 1.807) is 0 Å². The Balaban J connectivity index is 2.45. The van der Waals surface area contributed by atoms with Gasteiger partial charge in [0.25, 0.3) is 0 Å². The molecule has 0 atom stereocenters. The fraction of sp³-hybridized carbons (Fsp3) is 0.200. The lowest BCUT2D eigenvalue weighted by atomic mass is 9.82. The number of nitrogens with zero attached hydrogens (tertiary/aromatic N) is 2. The van der Waals surface area contributed by atoms with Crippen LogP contribution in [0.4, 0.5) is 5.69 Å². The van der Waals surface area contributed by atoms with E-state index in [-0.39, 0.29) is 5.41 Å². The summed E-state index contributed by atoms with van der Waals surface area (Å²) in [4.78, 5) is 11.0. The molecule has 0 fully saturated rings. The SMILES string of the molecule is C=C1N(N=O)c2ccc3ccccc3c2C1(C)C. The Kier molecular flexibility index (Phi) is 2.08. The van der Waals surface area contributed by atoms with Gasteiger partial charge in [0.05, 0.1) is 11.0 Å². The lowest BCUT2D eigenvalue weighted by Gasteiger charge is -2.21. The fourth-order valence-electron chi connectivity index (χ4n) is 2.74. The van der Waals surface area contributed by atoms with E-state index >= 15 is 0 Å². The molecule has 90 valence electrons. The quantitative estimate of drug-likeness (QED) is 0.700. The second kappa shape index (κ2) is 3.42. The first kappa shape index (κ1) is 11.0. The van der Waals surface area contributed by atoms with Gasteiger partial charge in [0, 0.05) is 11.1 Å². The van der Waals surface area contributed by atoms with Crippen molar-refractivity contribution >= 4 is 16.5 Å². The van der Waals surface area contributed by atoms with Crippen molar-refractivity contribution in [2.24, 2.45) is 5.29 Å². The van der Waals surface area contributed by atoms with Crippen LogP contribution in [0.2, 0.25) is 0 Å². The molecule has 1 aliphatic heterocycles. The fourth-order valence-corrected chi connectivity index (χ4v) is 2.74. The molecule has 0 unspecified atom stereocenters. The zero-order chi connectivity index (χ0) is 12.9. The van der Waals surface area contributed by atoms with Gasteiger partial charge in [-0.05, 0) is 22.4 Å². The van der Waals surface area contributed by atoms with Crippen molar-refractivity contribution in [3.8, 4) is 0 Å². The van der Waals surface area contributed by atoms with Gasteiger partial charge in [-0.25, -0.2) is 5.01 Å². The molecule has 1 aliphatic rings. The van der Waals surface area contributed by atoms with Crippen LogP contribution in [-0.2, 0) is 5.41 Å². The zero-order valence-corrected chi connectivity index (χ0v) is 10.5. The summed E-state index contributed by atoms with van der Waals surface area (Å²) in [5.41, 5.74) is 2.43. The number of nitroso groups, excluding NO2 is 1. The number of allylic oxidation sites excluding steroid dienone is 1. The first-order valence-corrected chi connectivity index (χ1v) is 5.92. The molecule has 0 bridgehead atoms. The Bertz CT molecular complexity index is 673. The average Bonchev–Trinajstić information content (AvgIpc) is 2.57. The molecule has 3 nitrogen and oxygen atoms in total. The molecule has 0 saturated heterocycles. The summed E-state index contributed by atoms with van der Waals surface area (Å²) in [6, 6.07) is 12.1. The van der Waals surface area contributed by atoms with Gasteiger partial charge in [-0.2, -0.15) is 0 Å².